The van der Waals surface area contributed by atoms with Gasteiger partial charge in [-0.1, -0.05) is 0 Å². The normalized spacial score (nSPS) is 15.2. The van der Waals surface area contributed by atoms with Gasteiger partial charge in [0.25, 0.3) is 0 Å². The number of amides is 1. The minimum atomic E-state index is 0.106. The van der Waals surface area contributed by atoms with Crippen molar-refractivity contribution in [3.8, 4) is 0 Å². The third-order valence-corrected chi connectivity index (χ3v) is 2.88. The minimum Gasteiger partial charge on any atom is -0.310 e. The molecule has 0 radical (unpaired) electrons. The SMILES string of the molecule is CSc1ccc(NC(=O)C2CC2)nc1. The number of aromatic nitrogens is 1. The van der Waals surface area contributed by atoms with Crippen molar-refractivity contribution < 1.29 is 4.79 Å². The van der Waals surface area contributed by atoms with Gasteiger partial charge in [0, 0.05) is 17.0 Å². The lowest BCUT2D eigenvalue weighted by atomic mass is 10.4. The molecule has 1 saturated carbocycles. The van der Waals surface area contributed by atoms with Gasteiger partial charge in [-0.3, -0.25) is 4.79 Å². The Morgan fingerprint density at radius 2 is 2.36 bits per heavy atom. The summed E-state index contributed by atoms with van der Waals surface area (Å²) >= 11 is 1.64. The van der Waals surface area contributed by atoms with Crippen molar-refractivity contribution in [1.82, 2.24) is 4.98 Å². The van der Waals surface area contributed by atoms with Gasteiger partial charge in [0.1, 0.15) is 5.82 Å². The standard InChI is InChI=1S/C10H12N2OS/c1-14-8-4-5-9(11-6-8)12-10(13)7-2-3-7/h4-7H,2-3H2,1H3,(H,11,12,13). The van der Waals surface area contributed by atoms with Crippen molar-refractivity contribution >= 4 is 23.5 Å². The van der Waals surface area contributed by atoms with Gasteiger partial charge in [-0.05, 0) is 31.2 Å². The quantitative estimate of drug-likeness (QED) is 0.774. The van der Waals surface area contributed by atoms with E-state index in [1.807, 2.05) is 18.4 Å². The van der Waals surface area contributed by atoms with Crippen LogP contribution in [0.5, 0.6) is 0 Å². The van der Waals surface area contributed by atoms with E-state index in [0.29, 0.717) is 5.82 Å². The molecule has 1 amide bonds. The zero-order valence-corrected chi connectivity index (χ0v) is 8.80. The molecule has 0 bridgehead atoms. The number of nitrogens with zero attached hydrogens (tertiary/aromatic N) is 1. The minimum absolute atomic E-state index is 0.106. The van der Waals surface area contributed by atoms with E-state index in [1.165, 1.54) is 0 Å². The van der Waals surface area contributed by atoms with Gasteiger partial charge in [-0.25, -0.2) is 4.98 Å². The van der Waals surface area contributed by atoms with Crippen LogP contribution < -0.4 is 5.32 Å². The van der Waals surface area contributed by atoms with E-state index in [-0.39, 0.29) is 11.8 Å². The zero-order chi connectivity index (χ0) is 9.97. The van der Waals surface area contributed by atoms with E-state index in [0.717, 1.165) is 17.7 Å². The second kappa shape index (κ2) is 4.00. The van der Waals surface area contributed by atoms with Crippen LogP contribution in [0.1, 0.15) is 12.8 Å². The van der Waals surface area contributed by atoms with Gasteiger partial charge >= 0.3 is 0 Å². The van der Waals surface area contributed by atoms with E-state index in [1.54, 1.807) is 18.0 Å². The van der Waals surface area contributed by atoms with Crippen molar-refractivity contribution in [3.63, 3.8) is 0 Å². The molecule has 0 spiro atoms. The fourth-order valence-electron chi connectivity index (χ4n) is 1.15. The van der Waals surface area contributed by atoms with Gasteiger partial charge < -0.3 is 5.32 Å². The Labute approximate surface area is 87.3 Å². The molecular formula is C10H12N2OS. The van der Waals surface area contributed by atoms with Crippen molar-refractivity contribution in [1.29, 1.82) is 0 Å². The number of hydrogen-bond donors (Lipinski definition) is 1. The summed E-state index contributed by atoms with van der Waals surface area (Å²) in [4.78, 5) is 16.6. The lowest BCUT2D eigenvalue weighted by Gasteiger charge is -2.03. The highest BCUT2D eigenvalue weighted by atomic mass is 32.2. The van der Waals surface area contributed by atoms with E-state index in [4.69, 9.17) is 0 Å². The van der Waals surface area contributed by atoms with Gasteiger partial charge in [-0.15, -0.1) is 11.8 Å². The average Bonchev–Trinajstić information content (AvgIpc) is 3.02. The molecule has 1 fully saturated rings. The van der Waals surface area contributed by atoms with Gasteiger partial charge in [0.15, 0.2) is 0 Å². The highest BCUT2D eigenvalue weighted by Crippen LogP contribution is 2.29. The molecule has 2 rings (SSSR count). The zero-order valence-electron chi connectivity index (χ0n) is 7.99. The molecular weight excluding hydrogens is 196 g/mol. The summed E-state index contributed by atoms with van der Waals surface area (Å²) in [5.41, 5.74) is 0. The van der Waals surface area contributed by atoms with Crippen LogP contribution in [0.2, 0.25) is 0 Å². The van der Waals surface area contributed by atoms with E-state index in [9.17, 15) is 4.79 Å². The Bertz CT molecular complexity index is 332. The topological polar surface area (TPSA) is 42.0 Å². The second-order valence-electron chi connectivity index (χ2n) is 3.35. The summed E-state index contributed by atoms with van der Waals surface area (Å²) in [6.45, 7) is 0. The highest BCUT2D eigenvalue weighted by molar-refractivity contribution is 7.98. The molecule has 1 aliphatic rings. The molecule has 0 aromatic carbocycles. The number of thioether (sulfide) groups is 1. The van der Waals surface area contributed by atoms with Crippen LogP contribution in [-0.2, 0) is 4.79 Å². The molecule has 0 unspecified atom stereocenters. The van der Waals surface area contributed by atoms with Crippen molar-refractivity contribution in [3.05, 3.63) is 18.3 Å². The van der Waals surface area contributed by atoms with Crippen LogP contribution in [-0.4, -0.2) is 17.1 Å². The summed E-state index contributed by atoms with van der Waals surface area (Å²) in [7, 11) is 0. The Hall–Kier alpha value is -1.03. The van der Waals surface area contributed by atoms with E-state index < -0.39 is 0 Å². The van der Waals surface area contributed by atoms with Crippen molar-refractivity contribution in [2.24, 2.45) is 5.92 Å². The van der Waals surface area contributed by atoms with Crippen LogP contribution in [0, 0.1) is 5.92 Å². The number of nitrogens with one attached hydrogen (secondary N) is 1. The van der Waals surface area contributed by atoms with Crippen molar-refractivity contribution in [2.45, 2.75) is 17.7 Å². The van der Waals surface area contributed by atoms with Gasteiger partial charge in [-0.2, -0.15) is 0 Å². The van der Waals surface area contributed by atoms with Crippen molar-refractivity contribution in [2.75, 3.05) is 11.6 Å². The molecule has 0 aliphatic heterocycles. The fraction of sp³-hybridized carbons (Fsp3) is 0.400. The van der Waals surface area contributed by atoms with Crippen LogP contribution >= 0.6 is 11.8 Å². The first kappa shape index (κ1) is 9.52. The smallest absolute Gasteiger partial charge is 0.228 e. The molecule has 1 heterocycles. The predicted molar refractivity (Wildman–Crippen MR) is 57.4 cm³/mol. The molecule has 1 N–H and O–H groups in total. The summed E-state index contributed by atoms with van der Waals surface area (Å²) < 4.78 is 0. The molecule has 1 aliphatic carbocycles. The fourth-order valence-corrected chi connectivity index (χ4v) is 1.51. The maximum atomic E-state index is 11.4. The predicted octanol–water partition coefficient (Wildman–Crippen LogP) is 2.15. The molecule has 0 atom stereocenters. The Kier molecular flexibility index (Phi) is 2.72. The molecule has 0 saturated heterocycles. The van der Waals surface area contributed by atoms with Gasteiger partial charge in [0.2, 0.25) is 5.91 Å². The number of anilines is 1. The highest BCUT2D eigenvalue weighted by Gasteiger charge is 2.29. The largest absolute Gasteiger partial charge is 0.310 e. The third kappa shape index (κ3) is 2.26. The maximum Gasteiger partial charge on any atom is 0.228 e. The van der Waals surface area contributed by atoms with E-state index in [2.05, 4.69) is 10.3 Å². The number of pyridine rings is 1. The number of hydrogen-bond acceptors (Lipinski definition) is 3. The molecule has 14 heavy (non-hydrogen) atoms. The Morgan fingerprint density at radius 3 is 2.86 bits per heavy atom. The summed E-state index contributed by atoms with van der Waals surface area (Å²) in [5.74, 6) is 0.992. The first-order valence-corrected chi connectivity index (χ1v) is 5.83. The molecule has 1 aromatic rings. The molecule has 4 heteroatoms. The Morgan fingerprint density at radius 1 is 1.57 bits per heavy atom. The third-order valence-electron chi connectivity index (χ3n) is 2.17. The molecule has 3 nitrogen and oxygen atoms in total. The van der Waals surface area contributed by atoms with Crippen LogP contribution in [0.3, 0.4) is 0 Å². The number of carbonyl (C=O) groups is 1. The summed E-state index contributed by atoms with van der Waals surface area (Å²) in [6.07, 6.45) is 5.82. The second-order valence-corrected chi connectivity index (χ2v) is 4.23. The lowest BCUT2D eigenvalue weighted by molar-refractivity contribution is -0.117. The van der Waals surface area contributed by atoms with Gasteiger partial charge in [0.05, 0.1) is 0 Å². The average molecular weight is 208 g/mol. The molecule has 1 aromatic heterocycles. The Balaban J connectivity index is 1.98. The monoisotopic (exact) mass is 208 g/mol. The summed E-state index contributed by atoms with van der Waals surface area (Å²) in [5, 5.41) is 2.80. The van der Waals surface area contributed by atoms with Crippen LogP contribution in [0.15, 0.2) is 23.2 Å². The summed E-state index contributed by atoms with van der Waals surface area (Å²) in [6, 6.07) is 3.80. The lowest BCUT2D eigenvalue weighted by Crippen LogP contribution is -2.14. The number of carbonyl (C=O) groups excluding carboxylic acids is 1. The number of rotatable bonds is 3. The maximum absolute atomic E-state index is 11.4. The van der Waals surface area contributed by atoms with Crippen LogP contribution in [0.25, 0.3) is 0 Å². The van der Waals surface area contributed by atoms with E-state index >= 15 is 0 Å². The molecule has 74 valence electrons. The first-order valence-electron chi connectivity index (χ1n) is 4.60. The van der Waals surface area contributed by atoms with Crippen LogP contribution in [0.4, 0.5) is 5.82 Å². The first-order chi connectivity index (χ1) is 6.79.